The number of aromatic nitrogens is 2. The maximum absolute atomic E-state index is 6.08. The van der Waals surface area contributed by atoms with Crippen molar-refractivity contribution >= 4 is 49.8 Å². The zero-order valence-electron chi connectivity index (χ0n) is 10.7. The first-order valence-corrected chi connectivity index (χ1v) is 7.26. The number of benzene rings is 2. The van der Waals surface area contributed by atoms with Crippen LogP contribution in [0.15, 0.2) is 46.9 Å². The molecule has 0 bridgehead atoms. The number of hydrogen-bond acceptors (Lipinski definition) is 3. The van der Waals surface area contributed by atoms with Crippen molar-refractivity contribution in [2.45, 2.75) is 6.92 Å². The van der Waals surface area contributed by atoms with Crippen molar-refractivity contribution in [3.8, 4) is 0 Å². The van der Waals surface area contributed by atoms with Crippen LogP contribution in [0.2, 0.25) is 5.15 Å². The van der Waals surface area contributed by atoms with Crippen molar-refractivity contribution in [1.82, 2.24) is 10.2 Å². The van der Waals surface area contributed by atoms with Crippen LogP contribution in [0.3, 0.4) is 0 Å². The number of nitrogens with one attached hydrogen (secondary N) is 1. The molecule has 3 nitrogen and oxygen atoms in total. The molecule has 0 saturated carbocycles. The summed E-state index contributed by atoms with van der Waals surface area (Å²) >= 11 is 9.55. The van der Waals surface area contributed by atoms with Gasteiger partial charge in [0.05, 0.1) is 0 Å². The summed E-state index contributed by atoms with van der Waals surface area (Å²) in [6.07, 6.45) is 0. The lowest BCUT2D eigenvalue weighted by Crippen LogP contribution is -1.99. The third-order valence-electron chi connectivity index (χ3n) is 3.09. The molecule has 0 aliphatic heterocycles. The first kappa shape index (κ1) is 13.3. The maximum Gasteiger partial charge on any atom is 0.161 e. The number of hydrogen-bond donors (Lipinski definition) is 1. The minimum atomic E-state index is 0.414. The van der Waals surface area contributed by atoms with Crippen LogP contribution in [-0.2, 0) is 0 Å². The molecule has 3 aromatic rings. The summed E-state index contributed by atoms with van der Waals surface area (Å²) in [5, 5.41) is 13.7. The van der Waals surface area contributed by atoms with Crippen LogP contribution in [0.5, 0.6) is 0 Å². The summed E-state index contributed by atoms with van der Waals surface area (Å²) < 4.78 is 1.01. The van der Waals surface area contributed by atoms with E-state index in [1.165, 1.54) is 0 Å². The average molecular weight is 349 g/mol. The Labute approximate surface area is 130 Å². The van der Waals surface area contributed by atoms with Crippen LogP contribution in [0.1, 0.15) is 5.56 Å². The molecule has 0 unspecified atom stereocenters. The van der Waals surface area contributed by atoms with E-state index in [9.17, 15) is 0 Å². The van der Waals surface area contributed by atoms with Gasteiger partial charge in [-0.15, -0.1) is 10.2 Å². The lowest BCUT2D eigenvalue weighted by atomic mass is 10.1. The second kappa shape index (κ2) is 5.38. The van der Waals surface area contributed by atoms with Gasteiger partial charge < -0.3 is 5.32 Å². The van der Waals surface area contributed by atoms with Crippen LogP contribution >= 0.6 is 27.5 Å². The molecule has 0 fully saturated rings. The topological polar surface area (TPSA) is 37.8 Å². The normalized spacial score (nSPS) is 10.8. The summed E-state index contributed by atoms with van der Waals surface area (Å²) in [6, 6.07) is 13.9. The Morgan fingerprint density at radius 3 is 2.60 bits per heavy atom. The van der Waals surface area contributed by atoms with E-state index in [1.807, 2.05) is 49.4 Å². The number of nitrogens with zero attached hydrogens (tertiary/aromatic N) is 2. The number of anilines is 2. The molecule has 1 heterocycles. The van der Waals surface area contributed by atoms with Gasteiger partial charge in [-0.3, -0.25) is 0 Å². The van der Waals surface area contributed by atoms with Crippen LogP contribution < -0.4 is 5.32 Å². The fourth-order valence-electron chi connectivity index (χ4n) is 2.02. The van der Waals surface area contributed by atoms with Gasteiger partial charge in [0.1, 0.15) is 0 Å². The third kappa shape index (κ3) is 2.49. The molecule has 0 atom stereocenters. The zero-order chi connectivity index (χ0) is 14.1. The minimum Gasteiger partial charge on any atom is -0.338 e. The molecule has 5 heteroatoms. The lowest BCUT2D eigenvalue weighted by Gasteiger charge is -2.11. The summed E-state index contributed by atoms with van der Waals surface area (Å²) in [7, 11) is 0. The van der Waals surface area contributed by atoms with E-state index in [2.05, 4.69) is 31.4 Å². The summed E-state index contributed by atoms with van der Waals surface area (Å²) in [6.45, 7) is 2.04. The fourth-order valence-corrected chi connectivity index (χ4v) is 2.58. The van der Waals surface area contributed by atoms with Gasteiger partial charge >= 0.3 is 0 Å². The maximum atomic E-state index is 6.08. The fraction of sp³-hybridized carbons (Fsp3) is 0.0667. The van der Waals surface area contributed by atoms with E-state index in [0.717, 1.165) is 26.5 Å². The molecule has 0 aliphatic rings. The Hall–Kier alpha value is -1.65. The Balaban J connectivity index is 2.11. The quantitative estimate of drug-likeness (QED) is 0.700. The summed E-state index contributed by atoms with van der Waals surface area (Å²) in [4.78, 5) is 0. The molecular formula is C15H11BrClN3. The summed E-state index contributed by atoms with van der Waals surface area (Å²) in [5.74, 6) is 0.700. The smallest absolute Gasteiger partial charge is 0.161 e. The van der Waals surface area contributed by atoms with Crippen LogP contribution in [-0.4, -0.2) is 10.2 Å². The molecule has 0 radical (unpaired) electrons. The second-order valence-corrected chi connectivity index (χ2v) is 5.74. The highest BCUT2D eigenvalue weighted by atomic mass is 79.9. The van der Waals surface area contributed by atoms with Crippen LogP contribution in [0, 0.1) is 6.92 Å². The second-order valence-electron chi connectivity index (χ2n) is 4.47. The molecule has 20 heavy (non-hydrogen) atoms. The SMILES string of the molecule is Cc1ccc(Br)cc1Nc1nnc(Cl)c2ccccc12. The van der Waals surface area contributed by atoms with Gasteiger partial charge in [0.25, 0.3) is 0 Å². The monoisotopic (exact) mass is 347 g/mol. The summed E-state index contributed by atoms with van der Waals surface area (Å²) in [5.41, 5.74) is 2.12. The predicted molar refractivity (Wildman–Crippen MR) is 86.7 cm³/mol. The molecule has 0 spiro atoms. The third-order valence-corrected chi connectivity index (χ3v) is 3.87. The number of fused-ring (bicyclic) bond motifs is 1. The Morgan fingerprint density at radius 2 is 1.80 bits per heavy atom. The standard InChI is InChI=1S/C15H11BrClN3/c1-9-6-7-10(16)8-13(9)18-15-12-5-3-2-4-11(12)14(17)19-20-15/h2-8H,1H3,(H,18,20). The molecule has 0 amide bonds. The van der Waals surface area contributed by atoms with Crippen molar-refractivity contribution in [3.05, 3.63) is 57.7 Å². The highest BCUT2D eigenvalue weighted by molar-refractivity contribution is 9.10. The molecule has 1 aromatic heterocycles. The first-order chi connectivity index (χ1) is 9.65. The van der Waals surface area contributed by atoms with E-state index in [1.54, 1.807) is 0 Å². The highest BCUT2D eigenvalue weighted by Gasteiger charge is 2.08. The van der Waals surface area contributed by atoms with Crippen LogP contribution in [0.25, 0.3) is 10.8 Å². The Bertz CT molecular complexity index is 789. The van der Waals surface area contributed by atoms with Gasteiger partial charge in [0, 0.05) is 20.9 Å². The minimum absolute atomic E-state index is 0.414. The van der Waals surface area contributed by atoms with E-state index < -0.39 is 0 Å². The molecule has 100 valence electrons. The Kier molecular flexibility index (Phi) is 3.59. The van der Waals surface area contributed by atoms with Crippen molar-refractivity contribution < 1.29 is 0 Å². The molecule has 0 saturated heterocycles. The molecular weight excluding hydrogens is 338 g/mol. The predicted octanol–water partition coefficient (Wildman–Crippen LogP) is 5.10. The molecule has 2 aromatic carbocycles. The van der Waals surface area contributed by atoms with Crippen LogP contribution in [0.4, 0.5) is 11.5 Å². The number of halogens is 2. The molecule has 0 aliphatic carbocycles. The van der Waals surface area contributed by atoms with E-state index >= 15 is 0 Å². The van der Waals surface area contributed by atoms with Gasteiger partial charge in [0.15, 0.2) is 11.0 Å². The molecule has 3 rings (SSSR count). The molecule has 1 N–H and O–H groups in total. The lowest BCUT2D eigenvalue weighted by molar-refractivity contribution is 1.05. The van der Waals surface area contributed by atoms with E-state index in [-0.39, 0.29) is 0 Å². The van der Waals surface area contributed by atoms with E-state index in [0.29, 0.717) is 11.0 Å². The first-order valence-electron chi connectivity index (χ1n) is 6.09. The van der Waals surface area contributed by atoms with Crippen molar-refractivity contribution in [2.24, 2.45) is 0 Å². The van der Waals surface area contributed by atoms with Gasteiger partial charge in [-0.2, -0.15) is 0 Å². The van der Waals surface area contributed by atoms with Crippen molar-refractivity contribution in [2.75, 3.05) is 5.32 Å². The van der Waals surface area contributed by atoms with Crippen molar-refractivity contribution in [1.29, 1.82) is 0 Å². The number of aryl methyl sites for hydroxylation is 1. The van der Waals surface area contributed by atoms with Crippen molar-refractivity contribution in [3.63, 3.8) is 0 Å². The zero-order valence-corrected chi connectivity index (χ0v) is 13.0. The van der Waals surface area contributed by atoms with Gasteiger partial charge in [-0.25, -0.2) is 0 Å². The van der Waals surface area contributed by atoms with Gasteiger partial charge in [-0.05, 0) is 24.6 Å². The van der Waals surface area contributed by atoms with Gasteiger partial charge in [-0.1, -0.05) is 57.9 Å². The Morgan fingerprint density at radius 1 is 1.05 bits per heavy atom. The van der Waals surface area contributed by atoms with E-state index in [4.69, 9.17) is 11.6 Å². The number of rotatable bonds is 2. The highest BCUT2D eigenvalue weighted by Crippen LogP contribution is 2.29. The largest absolute Gasteiger partial charge is 0.338 e. The van der Waals surface area contributed by atoms with Gasteiger partial charge in [0.2, 0.25) is 0 Å². The average Bonchev–Trinajstić information content (AvgIpc) is 2.46.